The van der Waals surface area contributed by atoms with E-state index < -0.39 is 0 Å². The predicted molar refractivity (Wildman–Crippen MR) is 95.5 cm³/mol. The first-order chi connectivity index (χ1) is 12.5. The van der Waals surface area contributed by atoms with Crippen molar-refractivity contribution in [2.75, 3.05) is 0 Å². The molecule has 0 radical (unpaired) electrons. The second kappa shape index (κ2) is 7.81. The van der Waals surface area contributed by atoms with Gasteiger partial charge in [0.15, 0.2) is 5.82 Å². The van der Waals surface area contributed by atoms with Crippen molar-refractivity contribution in [3.05, 3.63) is 60.0 Å². The van der Waals surface area contributed by atoms with Gasteiger partial charge >= 0.3 is 6.03 Å². The standard InChI is InChI=1S/C18H22N6O2/c1-12(2)16(17-21-13(3)23-26-17)22-18(25)19-11-14-6-4-7-15(10-14)24-9-5-8-20-24/h4-10,12,16H,11H2,1-3H3,(H2,19,22,25). The summed E-state index contributed by atoms with van der Waals surface area (Å²) in [5.41, 5.74) is 1.92. The van der Waals surface area contributed by atoms with E-state index >= 15 is 0 Å². The molecule has 0 fully saturated rings. The van der Waals surface area contributed by atoms with Crippen LogP contribution in [-0.4, -0.2) is 26.0 Å². The molecule has 8 nitrogen and oxygen atoms in total. The molecule has 0 aliphatic carbocycles. The number of benzene rings is 1. The number of aryl methyl sites for hydroxylation is 1. The number of rotatable bonds is 6. The molecule has 8 heteroatoms. The molecule has 0 saturated carbocycles. The molecule has 0 spiro atoms. The fourth-order valence-corrected chi connectivity index (χ4v) is 2.56. The number of hydrogen-bond acceptors (Lipinski definition) is 5. The molecule has 1 aromatic carbocycles. The summed E-state index contributed by atoms with van der Waals surface area (Å²) in [7, 11) is 0. The lowest BCUT2D eigenvalue weighted by Crippen LogP contribution is -2.39. The molecule has 3 aromatic rings. The lowest BCUT2D eigenvalue weighted by atomic mass is 10.0. The third-order valence-electron chi connectivity index (χ3n) is 3.90. The van der Waals surface area contributed by atoms with Crippen molar-refractivity contribution in [3.63, 3.8) is 0 Å². The fourth-order valence-electron chi connectivity index (χ4n) is 2.56. The number of aromatic nitrogens is 4. The van der Waals surface area contributed by atoms with Crippen LogP contribution in [0.1, 0.15) is 37.2 Å². The van der Waals surface area contributed by atoms with Gasteiger partial charge in [-0.15, -0.1) is 0 Å². The van der Waals surface area contributed by atoms with E-state index in [1.807, 2.05) is 50.4 Å². The Morgan fingerprint density at radius 1 is 1.31 bits per heavy atom. The topological polar surface area (TPSA) is 97.9 Å². The Kier molecular flexibility index (Phi) is 5.31. The average molecular weight is 354 g/mol. The first-order valence-electron chi connectivity index (χ1n) is 8.46. The van der Waals surface area contributed by atoms with Gasteiger partial charge in [0.25, 0.3) is 0 Å². The van der Waals surface area contributed by atoms with Crippen molar-refractivity contribution in [1.82, 2.24) is 30.6 Å². The normalized spacial score (nSPS) is 12.2. The number of amides is 2. The highest BCUT2D eigenvalue weighted by molar-refractivity contribution is 5.74. The Labute approximate surface area is 151 Å². The van der Waals surface area contributed by atoms with Gasteiger partial charge in [0.05, 0.1) is 5.69 Å². The number of carbonyl (C=O) groups excluding carboxylic acids is 1. The average Bonchev–Trinajstić information content (AvgIpc) is 3.29. The largest absolute Gasteiger partial charge is 0.337 e. The molecule has 0 aliphatic rings. The number of carbonyl (C=O) groups is 1. The summed E-state index contributed by atoms with van der Waals surface area (Å²) in [5.74, 6) is 1.07. The summed E-state index contributed by atoms with van der Waals surface area (Å²) in [5, 5.41) is 13.8. The minimum atomic E-state index is -0.341. The van der Waals surface area contributed by atoms with Crippen molar-refractivity contribution in [2.45, 2.75) is 33.4 Å². The summed E-state index contributed by atoms with van der Waals surface area (Å²) in [6.07, 6.45) is 3.60. The lowest BCUT2D eigenvalue weighted by Gasteiger charge is -2.19. The summed E-state index contributed by atoms with van der Waals surface area (Å²) in [6, 6.07) is 9.07. The molecule has 0 saturated heterocycles. The molecule has 1 unspecified atom stereocenters. The third kappa shape index (κ3) is 4.27. The van der Waals surface area contributed by atoms with Gasteiger partial charge in [-0.3, -0.25) is 0 Å². The smallest absolute Gasteiger partial charge is 0.315 e. The molecule has 26 heavy (non-hydrogen) atoms. The highest BCUT2D eigenvalue weighted by atomic mass is 16.5. The van der Waals surface area contributed by atoms with Gasteiger partial charge in [0.1, 0.15) is 6.04 Å². The minimum Gasteiger partial charge on any atom is -0.337 e. The molecule has 2 N–H and O–H groups in total. The van der Waals surface area contributed by atoms with Crippen LogP contribution in [0.5, 0.6) is 0 Å². The minimum absolute atomic E-state index is 0.115. The Morgan fingerprint density at radius 3 is 2.81 bits per heavy atom. The van der Waals surface area contributed by atoms with Gasteiger partial charge in [0, 0.05) is 18.9 Å². The summed E-state index contributed by atoms with van der Waals surface area (Å²) in [4.78, 5) is 16.5. The molecule has 136 valence electrons. The predicted octanol–water partition coefficient (Wildman–Crippen LogP) is 2.76. The van der Waals surface area contributed by atoms with Crippen LogP contribution in [0, 0.1) is 12.8 Å². The molecule has 2 heterocycles. The van der Waals surface area contributed by atoms with Crippen LogP contribution in [0.25, 0.3) is 5.69 Å². The summed E-state index contributed by atoms with van der Waals surface area (Å²) < 4.78 is 6.97. The quantitative estimate of drug-likeness (QED) is 0.709. The monoisotopic (exact) mass is 354 g/mol. The second-order valence-corrected chi connectivity index (χ2v) is 6.35. The SMILES string of the molecule is Cc1noc(C(NC(=O)NCc2cccc(-n3cccn3)c2)C(C)C)n1. The number of nitrogens with zero attached hydrogens (tertiary/aromatic N) is 4. The van der Waals surface area contributed by atoms with E-state index in [2.05, 4.69) is 25.9 Å². The first-order valence-corrected chi connectivity index (χ1v) is 8.46. The molecule has 0 bridgehead atoms. The van der Waals surface area contributed by atoms with E-state index in [0.717, 1.165) is 11.3 Å². The molecular weight excluding hydrogens is 332 g/mol. The van der Waals surface area contributed by atoms with E-state index in [4.69, 9.17) is 4.52 Å². The number of hydrogen-bond donors (Lipinski definition) is 2. The van der Waals surface area contributed by atoms with Crippen molar-refractivity contribution in [1.29, 1.82) is 0 Å². The Bertz CT molecular complexity index is 856. The molecule has 1 atom stereocenters. The van der Waals surface area contributed by atoms with Gasteiger partial charge in [-0.25, -0.2) is 9.48 Å². The van der Waals surface area contributed by atoms with Gasteiger partial charge in [0.2, 0.25) is 5.89 Å². The van der Waals surface area contributed by atoms with Crippen LogP contribution in [0.15, 0.2) is 47.2 Å². The highest BCUT2D eigenvalue weighted by Gasteiger charge is 2.23. The molecule has 3 rings (SSSR count). The maximum Gasteiger partial charge on any atom is 0.315 e. The van der Waals surface area contributed by atoms with Crippen molar-refractivity contribution in [3.8, 4) is 5.69 Å². The molecular formula is C18H22N6O2. The Hall–Kier alpha value is -3.16. The van der Waals surface area contributed by atoms with Crippen LogP contribution in [0.2, 0.25) is 0 Å². The Morgan fingerprint density at radius 2 is 2.15 bits per heavy atom. The van der Waals surface area contributed by atoms with E-state index in [-0.39, 0.29) is 18.0 Å². The van der Waals surface area contributed by atoms with E-state index in [0.29, 0.717) is 18.3 Å². The van der Waals surface area contributed by atoms with Gasteiger partial charge in [-0.2, -0.15) is 10.1 Å². The van der Waals surface area contributed by atoms with Crippen molar-refractivity contribution < 1.29 is 9.32 Å². The van der Waals surface area contributed by atoms with Crippen LogP contribution < -0.4 is 10.6 Å². The molecule has 0 aliphatic heterocycles. The maximum absolute atomic E-state index is 12.3. The molecule has 2 amide bonds. The maximum atomic E-state index is 12.3. The number of urea groups is 1. The summed E-state index contributed by atoms with van der Waals surface area (Å²) in [6.45, 7) is 6.11. The third-order valence-corrected chi connectivity index (χ3v) is 3.90. The van der Waals surface area contributed by atoms with E-state index in [1.54, 1.807) is 17.8 Å². The van der Waals surface area contributed by atoms with Crippen molar-refractivity contribution >= 4 is 6.03 Å². The van der Waals surface area contributed by atoms with E-state index in [1.165, 1.54) is 0 Å². The van der Waals surface area contributed by atoms with Gasteiger partial charge < -0.3 is 15.2 Å². The van der Waals surface area contributed by atoms with Crippen LogP contribution in [0.4, 0.5) is 4.79 Å². The lowest BCUT2D eigenvalue weighted by molar-refractivity contribution is 0.224. The van der Waals surface area contributed by atoms with Gasteiger partial charge in [-0.05, 0) is 36.6 Å². The zero-order valence-electron chi connectivity index (χ0n) is 15.0. The number of nitrogens with one attached hydrogen (secondary N) is 2. The summed E-state index contributed by atoms with van der Waals surface area (Å²) >= 11 is 0. The van der Waals surface area contributed by atoms with Crippen LogP contribution >= 0.6 is 0 Å². The zero-order chi connectivity index (χ0) is 18.5. The second-order valence-electron chi connectivity index (χ2n) is 6.35. The van der Waals surface area contributed by atoms with Crippen LogP contribution in [-0.2, 0) is 6.54 Å². The fraction of sp³-hybridized carbons (Fsp3) is 0.333. The highest BCUT2D eigenvalue weighted by Crippen LogP contribution is 2.19. The zero-order valence-corrected chi connectivity index (χ0v) is 15.0. The van der Waals surface area contributed by atoms with Crippen LogP contribution in [0.3, 0.4) is 0 Å². The van der Waals surface area contributed by atoms with Crippen molar-refractivity contribution in [2.24, 2.45) is 5.92 Å². The van der Waals surface area contributed by atoms with E-state index in [9.17, 15) is 4.79 Å². The molecule has 2 aromatic heterocycles. The Balaban J connectivity index is 1.61. The first kappa shape index (κ1) is 17.7. The van der Waals surface area contributed by atoms with Gasteiger partial charge in [-0.1, -0.05) is 31.1 Å².